The van der Waals surface area contributed by atoms with Crippen molar-refractivity contribution >= 4 is 18.2 Å². The average molecular weight is 214 g/mol. The van der Waals surface area contributed by atoms with Gasteiger partial charge in [-0.2, -0.15) is 0 Å². The highest BCUT2D eigenvalue weighted by Gasteiger charge is 2.15. The number of carbonyl (C=O) groups is 3. The Balaban J connectivity index is 4.78. The fourth-order valence-electron chi connectivity index (χ4n) is 1.03. The quantitative estimate of drug-likeness (QED) is 0.295. The molecule has 5 heteroatoms. The fourth-order valence-corrected chi connectivity index (χ4v) is 1.03. The molecular weight excluding hydrogens is 200 g/mol. The van der Waals surface area contributed by atoms with Gasteiger partial charge in [0.05, 0.1) is 12.7 Å². The second-order valence-electron chi connectivity index (χ2n) is 2.83. The van der Waals surface area contributed by atoms with Crippen LogP contribution in [0.4, 0.5) is 0 Å². The van der Waals surface area contributed by atoms with E-state index in [0.29, 0.717) is 6.29 Å². The van der Waals surface area contributed by atoms with Gasteiger partial charge in [0.1, 0.15) is 12.0 Å². The lowest BCUT2D eigenvalue weighted by atomic mass is 10.1. The molecule has 0 amide bonds. The number of esters is 2. The first kappa shape index (κ1) is 13.4. The van der Waals surface area contributed by atoms with Crippen molar-refractivity contribution in [3.05, 3.63) is 11.3 Å². The molecule has 0 bridgehead atoms. The highest BCUT2D eigenvalue weighted by atomic mass is 16.5. The Hall–Kier alpha value is -1.65. The maximum atomic E-state index is 11.3. The maximum Gasteiger partial charge on any atom is 0.337 e. The van der Waals surface area contributed by atoms with E-state index in [0.717, 1.165) is 0 Å². The average Bonchev–Trinajstić information content (AvgIpc) is 2.16. The normalized spacial score (nSPS) is 11.4. The van der Waals surface area contributed by atoms with Gasteiger partial charge in [-0.3, -0.25) is 4.79 Å². The van der Waals surface area contributed by atoms with Crippen LogP contribution in [-0.2, 0) is 23.9 Å². The van der Waals surface area contributed by atoms with Crippen molar-refractivity contribution in [1.29, 1.82) is 0 Å². The predicted molar refractivity (Wildman–Crippen MR) is 51.8 cm³/mol. The predicted octanol–water partition coefficient (Wildman–Crippen LogP) is 0.976. The van der Waals surface area contributed by atoms with Gasteiger partial charge >= 0.3 is 11.9 Å². The smallest absolute Gasteiger partial charge is 0.337 e. The first-order valence-electron chi connectivity index (χ1n) is 4.43. The molecule has 0 aliphatic heterocycles. The Morgan fingerprint density at radius 2 is 1.87 bits per heavy atom. The van der Waals surface area contributed by atoms with Gasteiger partial charge in [-0.15, -0.1) is 0 Å². The summed E-state index contributed by atoms with van der Waals surface area (Å²) < 4.78 is 9.26. The number of hydrogen-bond donors (Lipinski definition) is 0. The fraction of sp³-hybridized carbons (Fsp3) is 0.500. The molecule has 0 heterocycles. The van der Waals surface area contributed by atoms with Crippen LogP contribution in [0.1, 0.15) is 26.7 Å². The van der Waals surface area contributed by atoms with Crippen molar-refractivity contribution in [3.63, 3.8) is 0 Å². The molecule has 0 saturated heterocycles. The molecule has 0 saturated carbocycles. The molecule has 0 N–H and O–H groups in total. The Labute approximate surface area is 88.0 Å². The van der Waals surface area contributed by atoms with Gasteiger partial charge in [0.2, 0.25) is 0 Å². The lowest BCUT2D eigenvalue weighted by molar-refractivity contribution is -0.138. The summed E-state index contributed by atoms with van der Waals surface area (Å²) in [6, 6.07) is 0. The molecule has 0 spiro atoms. The van der Waals surface area contributed by atoms with Gasteiger partial charge in [0, 0.05) is 13.3 Å². The number of methoxy groups -OCH3 is 1. The lowest BCUT2D eigenvalue weighted by Gasteiger charge is -2.08. The first-order valence-corrected chi connectivity index (χ1v) is 4.43. The third-order valence-electron chi connectivity index (χ3n) is 1.67. The summed E-state index contributed by atoms with van der Waals surface area (Å²) in [5.74, 6) is -0.924. The van der Waals surface area contributed by atoms with Crippen LogP contribution in [0.3, 0.4) is 0 Å². The van der Waals surface area contributed by atoms with Crippen LogP contribution in [-0.4, -0.2) is 25.3 Å². The summed E-state index contributed by atoms with van der Waals surface area (Å²) in [4.78, 5) is 32.1. The zero-order chi connectivity index (χ0) is 11.8. The monoisotopic (exact) mass is 214 g/mol. The molecule has 0 aromatic heterocycles. The first-order chi connectivity index (χ1) is 7.02. The molecule has 0 radical (unpaired) electrons. The topological polar surface area (TPSA) is 69.7 Å². The van der Waals surface area contributed by atoms with E-state index >= 15 is 0 Å². The highest BCUT2D eigenvalue weighted by Crippen LogP contribution is 2.13. The van der Waals surface area contributed by atoms with Gasteiger partial charge in [-0.05, 0) is 13.3 Å². The van der Waals surface area contributed by atoms with Gasteiger partial charge < -0.3 is 14.3 Å². The molecule has 84 valence electrons. The number of carbonyl (C=O) groups excluding carboxylic acids is 3. The molecule has 0 aliphatic carbocycles. The summed E-state index contributed by atoms with van der Waals surface area (Å²) in [5, 5.41) is 0. The molecule has 0 rings (SSSR count). The molecule has 0 aliphatic rings. The van der Waals surface area contributed by atoms with E-state index in [1.165, 1.54) is 21.0 Å². The molecule has 0 aromatic rings. The van der Waals surface area contributed by atoms with E-state index in [1.807, 2.05) is 0 Å². The minimum atomic E-state index is -0.587. The zero-order valence-corrected chi connectivity index (χ0v) is 9.03. The molecule has 0 unspecified atom stereocenters. The molecule has 15 heavy (non-hydrogen) atoms. The molecule has 0 fully saturated rings. The number of hydrogen-bond acceptors (Lipinski definition) is 5. The Morgan fingerprint density at radius 1 is 1.27 bits per heavy atom. The van der Waals surface area contributed by atoms with Crippen molar-refractivity contribution in [3.8, 4) is 0 Å². The second-order valence-corrected chi connectivity index (χ2v) is 2.83. The summed E-state index contributed by atoms with van der Waals surface area (Å²) in [6.45, 7) is 2.72. The number of rotatable bonds is 5. The SMILES string of the molecule is COC(=O)/C(CCC=O)=C(/C)OC(C)=O. The van der Waals surface area contributed by atoms with Gasteiger partial charge in [-0.1, -0.05) is 0 Å². The summed E-state index contributed by atoms with van der Waals surface area (Å²) >= 11 is 0. The van der Waals surface area contributed by atoms with Gasteiger partial charge in [-0.25, -0.2) is 4.79 Å². The van der Waals surface area contributed by atoms with Crippen LogP contribution in [0.25, 0.3) is 0 Å². The highest BCUT2D eigenvalue weighted by molar-refractivity contribution is 5.89. The minimum absolute atomic E-state index is 0.177. The molecular formula is C10H14O5. The van der Waals surface area contributed by atoms with Crippen molar-refractivity contribution in [1.82, 2.24) is 0 Å². The van der Waals surface area contributed by atoms with Crippen LogP contribution in [0.5, 0.6) is 0 Å². The van der Waals surface area contributed by atoms with E-state index in [4.69, 9.17) is 4.74 Å². The third-order valence-corrected chi connectivity index (χ3v) is 1.67. The van der Waals surface area contributed by atoms with Gasteiger partial charge in [0.25, 0.3) is 0 Å². The van der Waals surface area contributed by atoms with Crippen LogP contribution >= 0.6 is 0 Å². The van der Waals surface area contributed by atoms with Gasteiger partial charge in [0.15, 0.2) is 0 Å². The van der Waals surface area contributed by atoms with E-state index in [-0.39, 0.29) is 24.2 Å². The Kier molecular flexibility index (Phi) is 6.01. The third kappa shape index (κ3) is 4.95. The molecule has 5 nitrogen and oxygen atoms in total. The second kappa shape index (κ2) is 6.75. The van der Waals surface area contributed by atoms with Crippen molar-refractivity contribution in [2.45, 2.75) is 26.7 Å². The zero-order valence-electron chi connectivity index (χ0n) is 9.03. The van der Waals surface area contributed by atoms with Crippen LogP contribution in [0.2, 0.25) is 0 Å². The van der Waals surface area contributed by atoms with Crippen LogP contribution in [0.15, 0.2) is 11.3 Å². The van der Waals surface area contributed by atoms with Crippen molar-refractivity contribution < 1.29 is 23.9 Å². The van der Waals surface area contributed by atoms with E-state index in [9.17, 15) is 14.4 Å². The van der Waals surface area contributed by atoms with E-state index < -0.39 is 11.9 Å². The van der Waals surface area contributed by atoms with Crippen LogP contribution in [0, 0.1) is 0 Å². The number of ether oxygens (including phenoxy) is 2. The number of aldehydes is 1. The van der Waals surface area contributed by atoms with Crippen molar-refractivity contribution in [2.24, 2.45) is 0 Å². The Morgan fingerprint density at radius 3 is 2.27 bits per heavy atom. The largest absolute Gasteiger partial charge is 0.466 e. The van der Waals surface area contributed by atoms with E-state index in [1.54, 1.807) is 0 Å². The summed E-state index contributed by atoms with van der Waals surface area (Å²) in [6.07, 6.45) is 1.07. The minimum Gasteiger partial charge on any atom is -0.466 e. The molecule has 0 atom stereocenters. The van der Waals surface area contributed by atoms with Crippen molar-refractivity contribution in [2.75, 3.05) is 7.11 Å². The summed E-state index contributed by atoms with van der Waals surface area (Å²) in [5.41, 5.74) is 0.208. The van der Waals surface area contributed by atoms with Crippen LogP contribution < -0.4 is 0 Å². The molecule has 0 aromatic carbocycles. The lowest BCUT2D eigenvalue weighted by Crippen LogP contribution is -2.10. The standard InChI is InChI=1S/C10H14O5/c1-7(15-8(2)12)9(5-4-6-11)10(13)14-3/h6H,4-5H2,1-3H3/b9-7-. The number of allylic oxidation sites excluding steroid dienone is 1. The van der Waals surface area contributed by atoms with E-state index in [2.05, 4.69) is 4.74 Å². The maximum absolute atomic E-state index is 11.3. The Bertz CT molecular complexity index is 290. The summed E-state index contributed by atoms with van der Waals surface area (Å²) in [7, 11) is 1.23.